The number of esters is 2. The van der Waals surface area contributed by atoms with Crippen molar-refractivity contribution in [3.05, 3.63) is 29.8 Å². The molecule has 0 fully saturated rings. The zero-order chi connectivity index (χ0) is 13.8. The van der Waals surface area contributed by atoms with Gasteiger partial charge in [-0.3, -0.25) is 4.79 Å². The third-order valence-corrected chi connectivity index (χ3v) is 2.19. The summed E-state index contributed by atoms with van der Waals surface area (Å²) in [7, 11) is 0. The number of ether oxygens (including phenoxy) is 2. The molecule has 0 atom stereocenters. The Balaban J connectivity index is 2.72. The molecule has 0 aliphatic carbocycles. The molecule has 0 N–H and O–H groups in total. The number of carbonyl (C=O) groups excluding carboxylic acids is 2. The molecule has 0 heterocycles. The van der Waals surface area contributed by atoms with Crippen molar-refractivity contribution < 1.29 is 19.1 Å². The number of rotatable bonds is 3. The molecule has 1 aromatic carbocycles. The van der Waals surface area contributed by atoms with E-state index in [9.17, 15) is 9.59 Å². The SMILES string of the molecule is CCOC(=O)c1ccc(OC(=O)C(C)(C)C)cc1. The topological polar surface area (TPSA) is 52.6 Å². The van der Waals surface area contributed by atoms with E-state index in [4.69, 9.17) is 9.47 Å². The van der Waals surface area contributed by atoms with Crippen LogP contribution in [0.15, 0.2) is 24.3 Å². The van der Waals surface area contributed by atoms with Crippen LogP contribution in [0, 0.1) is 5.41 Å². The summed E-state index contributed by atoms with van der Waals surface area (Å²) in [5.74, 6) is -0.277. The van der Waals surface area contributed by atoms with Crippen molar-refractivity contribution in [3.63, 3.8) is 0 Å². The van der Waals surface area contributed by atoms with E-state index in [2.05, 4.69) is 0 Å². The van der Waals surface area contributed by atoms with Gasteiger partial charge >= 0.3 is 11.9 Å². The van der Waals surface area contributed by atoms with Gasteiger partial charge in [0.2, 0.25) is 0 Å². The summed E-state index contributed by atoms with van der Waals surface area (Å²) in [5.41, 5.74) is -0.118. The largest absolute Gasteiger partial charge is 0.462 e. The summed E-state index contributed by atoms with van der Waals surface area (Å²) in [6.07, 6.45) is 0. The fraction of sp³-hybridized carbons (Fsp3) is 0.429. The van der Waals surface area contributed by atoms with Gasteiger partial charge < -0.3 is 9.47 Å². The van der Waals surface area contributed by atoms with E-state index in [1.807, 2.05) is 0 Å². The van der Waals surface area contributed by atoms with Crippen LogP contribution in [0.25, 0.3) is 0 Å². The molecule has 0 bridgehead atoms. The second-order valence-corrected chi connectivity index (χ2v) is 4.88. The van der Waals surface area contributed by atoms with Crippen molar-refractivity contribution in [1.82, 2.24) is 0 Å². The van der Waals surface area contributed by atoms with Crippen LogP contribution in [0.5, 0.6) is 5.75 Å². The van der Waals surface area contributed by atoms with Crippen molar-refractivity contribution in [1.29, 1.82) is 0 Å². The van der Waals surface area contributed by atoms with Gasteiger partial charge in [0.25, 0.3) is 0 Å². The van der Waals surface area contributed by atoms with E-state index in [1.54, 1.807) is 52.0 Å². The van der Waals surface area contributed by atoms with Gasteiger partial charge in [0.15, 0.2) is 0 Å². The van der Waals surface area contributed by atoms with E-state index < -0.39 is 5.41 Å². The molecular formula is C14H18O4. The molecule has 0 saturated heterocycles. The van der Waals surface area contributed by atoms with Gasteiger partial charge in [0.1, 0.15) is 5.75 Å². The van der Waals surface area contributed by atoms with Gasteiger partial charge in [0.05, 0.1) is 17.6 Å². The molecular weight excluding hydrogens is 232 g/mol. The average Bonchev–Trinajstić information content (AvgIpc) is 2.29. The average molecular weight is 250 g/mol. The lowest BCUT2D eigenvalue weighted by atomic mass is 9.97. The highest BCUT2D eigenvalue weighted by atomic mass is 16.5. The van der Waals surface area contributed by atoms with Gasteiger partial charge in [0, 0.05) is 0 Å². The minimum atomic E-state index is -0.556. The Morgan fingerprint density at radius 2 is 1.67 bits per heavy atom. The fourth-order valence-electron chi connectivity index (χ4n) is 1.13. The summed E-state index contributed by atoms with van der Waals surface area (Å²) in [6.45, 7) is 7.42. The fourth-order valence-corrected chi connectivity index (χ4v) is 1.13. The molecule has 18 heavy (non-hydrogen) atoms. The second-order valence-electron chi connectivity index (χ2n) is 4.88. The summed E-state index contributed by atoms with van der Waals surface area (Å²) in [6, 6.07) is 6.30. The van der Waals surface area contributed by atoms with Gasteiger partial charge in [-0.1, -0.05) is 0 Å². The quantitative estimate of drug-likeness (QED) is 0.611. The number of hydrogen-bond donors (Lipinski definition) is 0. The zero-order valence-corrected chi connectivity index (χ0v) is 11.1. The monoisotopic (exact) mass is 250 g/mol. The minimum absolute atomic E-state index is 0.314. The lowest BCUT2D eigenvalue weighted by molar-refractivity contribution is -0.142. The van der Waals surface area contributed by atoms with Crippen LogP contribution < -0.4 is 4.74 Å². The van der Waals surface area contributed by atoms with Crippen molar-refractivity contribution in [3.8, 4) is 5.75 Å². The normalized spacial score (nSPS) is 10.9. The van der Waals surface area contributed by atoms with Crippen LogP contribution in [-0.2, 0) is 9.53 Å². The standard InChI is InChI=1S/C14H18O4/c1-5-17-12(15)10-6-8-11(9-7-10)18-13(16)14(2,3)4/h6-9H,5H2,1-4H3. The van der Waals surface area contributed by atoms with Crippen LogP contribution in [-0.4, -0.2) is 18.5 Å². The summed E-state index contributed by atoms with van der Waals surface area (Å²) >= 11 is 0. The van der Waals surface area contributed by atoms with Crippen LogP contribution in [0.1, 0.15) is 38.1 Å². The van der Waals surface area contributed by atoms with Gasteiger partial charge in [-0.05, 0) is 52.0 Å². The smallest absolute Gasteiger partial charge is 0.338 e. The Morgan fingerprint density at radius 3 is 2.11 bits per heavy atom. The number of benzene rings is 1. The van der Waals surface area contributed by atoms with Crippen molar-refractivity contribution in [2.45, 2.75) is 27.7 Å². The lowest BCUT2D eigenvalue weighted by Gasteiger charge is -2.16. The van der Waals surface area contributed by atoms with E-state index >= 15 is 0 Å². The first-order valence-corrected chi connectivity index (χ1v) is 5.84. The Bertz CT molecular complexity index is 426. The molecule has 1 rings (SSSR count). The van der Waals surface area contributed by atoms with Crippen LogP contribution in [0.2, 0.25) is 0 Å². The van der Waals surface area contributed by atoms with Crippen molar-refractivity contribution >= 4 is 11.9 Å². The van der Waals surface area contributed by atoms with Crippen molar-refractivity contribution in [2.24, 2.45) is 5.41 Å². The van der Waals surface area contributed by atoms with Gasteiger partial charge in [-0.15, -0.1) is 0 Å². The predicted octanol–water partition coefficient (Wildman–Crippen LogP) is 2.81. The highest BCUT2D eigenvalue weighted by Gasteiger charge is 2.23. The first kappa shape index (κ1) is 14.2. The maximum absolute atomic E-state index is 11.6. The Morgan fingerprint density at radius 1 is 1.11 bits per heavy atom. The van der Waals surface area contributed by atoms with E-state index in [1.165, 1.54) is 0 Å². The third-order valence-electron chi connectivity index (χ3n) is 2.19. The maximum Gasteiger partial charge on any atom is 0.338 e. The molecule has 98 valence electrons. The third kappa shape index (κ3) is 3.87. The molecule has 0 aromatic heterocycles. The molecule has 0 aliphatic rings. The molecule has 1 aromatic rings. The van der Waals surface area contributed by atoms with Crippen molar-refractivity contribution in [2.75, 3.05) is 6.61 Å². The second kappa shape index (κ2) is 5.67. The molecule has 0 unspecified atom stereocenters. The van der Waals surface area contributed by atoms with Crippen LogP contribution in [0.4, 0.5) is 0 Å². The molecule has 0 radical (unpaired) electrons. The molecule has 0 saturated carbocycles. The highest BCUT2D eigenvalue weighted by molar-refractivity contribution is 5.89. The minimum Gasteiger partial charge on any atom is -0.462 e. The number of hydrogen-bond acceptors (Lipinski definition) is 4. The number of carbonyl (C=O) groups is 2. The summed E-state index contributed by atoms with van der Waals surface area (Å²) in [5, 5.41) is 0. The molecule has 0 amide bonds. The molecule has 0 spiro atoms. The first-order valence-electron chi connectivity index (χ1n) is 5.84. The molecule has 4 nitrogen and oxygen atoms in total. The Hall–Kier alpha value is -1.84. The zero-order valence-electron chi connectivity index (χ0n) is 11.1. The molecule has 0 aliphatic heterocycles. The molecule has 4 heteroatoms. The van der Waals surface area contributed by atoms with E-state index in [-0.39, 0.29) is 11.9 Å². The lowest BCUT2D eigenvalue weighted by Crippen LogP contribution is -2.25. The highest BCUT2D eigenvalue weighted by Crippen LogP contribution is 2.19. The predicted molar refractivity (Wildman–Crippen MR) is 67.5 cm³/mol. The van der Waals surface area contributed by atoms with Crippen LogP contribution >= 0.6 is 0 Å². The van der Waals surface area contributed by atoms with Gasteiger partial charge in [-0.2, -0.15) is 0 Å². The Labute approximate surface area is 107 Å². The summed E-state index contributed by atoms with van der Waals surface area (Å²) in [4.78, 5) is 23.0. The maximum atomic E-state index is 11.6. The Kier molecular flexibility index (Phi) is 4.48. The van der Waals surface area contributed by atoms with E-state index in [0.29, 0.717) is 17.9 Å². The summed E-state index contributed by atoms with van der Waals surface area (Å²) < 4.78 is 10.0. The van der Waals surface area contributed by atoms with E-state index in [0.717, 1.165) is 0 Å². The van der Waals surface area contributed by atoms with Gasteiger partial charge in [-0.25, -0.2) is 4.79 Å². The van der Waals surface area contributed by atoms with Crippen LogP contribution in [0.3, 0.4) is 0 Å². The first-order chi connectivity index (χ1) is 8.34.